The van der Waals surface area contributed by atoms with E-state index < -0.39 is 0 Å². The summed E-state index contributed by atoms with van der Waals surface area (Å²) in [6.07, 6.45) is 0.802. The molecule has 172 valence electrons. The molecule has 0 saturated carbocycles. The molecule has 34 heavy (non-hydrogen) atoms. The Bertz CT molecular complexity index is 1410. The molecule has 0 aliphatic carbocycles. The number of nitrogens with zero attached hydrogens (tertiary/aromatic N) is 4. The van der Waals surface area contributed by atoms with Gasteiger partial charge in [0.2, 0.25) is 5.91 Å². The van der Waals surface area contributed by atoms with Crippen LogP contribution in [0.3, 0.4) is 0 Å². The molecule has 6 heteroatoms. The minimum atomic E-state index is -0.366. The Kier molecular flexibility index (Phi) is 5.18. The Morgan fingerprint density at radius 2 is 1.74 bits per heavy atom. The minimum Gasteiger partial charge on any atom is -0.346 e. The highest BCUT2D eigenvalue weighted by molar-refractivity contribution is 5.97. The largest absolute Gasteiger partial charge is 0.346 e. The summed E-state index contributed by atoms with van der Waals surface area (Å²) in [4.78, 5) is 35.4. The maximum absolute atomic E-state index is 13.5. The third-order valence-electron chi connectivity index (χ3n) is 7.48. The predicted molar refractivity (Wildman–Crippen MR) is 132 cm³/mol. The molecular weight excluding hydrogens is 424 g/mol. The van der Waals surface area contributed by atoms with Crippen molar-refractivity contribution in [2.75, 3.05) is 19.6 Å². The molecule has 0 N–H and O–H groups in total. The van der Waals surface area contributed by atoms with Crippen molar-refractivity contribution in [3.05, 3.63) is 78.1 Å². The van der Waals surface area contributed by atoms with Gasteiger partial charge in [0.25, 0.3) is 0 Å². The first kappa shape index (κ1) is 21.1. The van der Waals surface area contributed by atoms with Crippen LogP contribution in [0.5, 0.6) is 0 Å². The van der Waals surface area contributed by atoms with Crippen LogP contribution in [-0.4, -0.2) is 56.7 Å². The first-order valence-electron chi connectivity index (χ1n) is 12.0. The third-order valence-corrected chi connectivity index (χ3v) is 7.48. The summed E-state index contributed by atoms with van der Waals surface area (Å²) in [7, 11) is 2.09. The zero-order valence-electron chi connectivity index (χ0n) is 19.4. The smallest absolute Gasteiger partial charge is 0.224 e. The summed E-state index contributed by atoms with van der Waals surface area (Å²) in [5, 5.41) is 2.31. The number of pyridine rings is 1. The molecule has 4 aromatic rings. The lowest BCUT2D eigenvalue weighted by Crippen LogP contribution is -2.62. The number of ketones is 1. The first-order chi connectivity index (χ1) is 16.6. The molecule has 2 aromatic heterocycles. The molecule has 6 rings (SSSR count). The Hall–Kier alpha value is -3.51. The molecule has 2 fully saturated rings. The lowest BCUT2D eigenvalue weighted by atomic mass is 9.84. The second kappa shape index (κ2) is 8.37. The van der Waals surface area contributed by atoms with Gasteiger partial charge in [-0.1, -0.05) is 42.5 Å². The molecule has 6 nitrogen and oxygen atoms in total. The molecule has 0 bridgehead atoms. The molecule has 2 aromatic carbocycles. The van der Waals surface area contributed by atoms with E-state index >= 15 is 0 Å². The average Bonchev–Trinajstić information content (AvgIpc) is 3.17. The van der Waals surface area contributed by atoms with Gasteiger partial charge in [-0.25, -0.2) is 0 Å². The predicted octanol–water partition coefficient (Wildman–Crippen LogP) is 3.57. The first-order valence-corrected chi connectivity index (χ1v) is 12.0. The Balaban J connectivity index is 1.19. The van der Waals surface area contributed by atoms with Crippen molar-refractivity contribution in [2.24, 2.45) is 13.0 Å². The molecule has 0 radical (unpaired) electrons. The van der Waals surface area contributed by atoms with Gasteiger partial charge in [0.15, 0.2) is 5.78 Å². The summed E-state index contributed by atoms with van der Waals surface area (Å²) >= 11 is 0. The SMILES string of the molecule is Cn1c(CN2CCN3C(=O)CC(Cc4ccc5ccccc5n4)C(=O)C3C2)cc2ccccc21. The number of carbonyl (C=O) groups is 2. The fourth-order valence-electron chi connectivity index (χ4n) is 5.60. The van der Waals surface area contributed by atoms with Crippen molar-refractivity contribution in [1.29, 1.82) is 0 Å². The van der Waals surface area contributed by atoms with E-state index in [-0.39, 0.29) is 30.1 Å². The number of para-hydroxylation sites is 2. The van der Waals surface area contributed by atoms with Crippen molar-refractivity contribution in [1.82, 2.24) is 19.4 Å². The number of amides is 1. The Morgan fingerprint density at radius 1 is 0.941 bits per heavy atom. The van der Waals surface area contributed by atoms with Crippen molar-refractivity contribution >= 4 is 33.5 Å². The fraction of sp³-hybridized carbons (Fsp3) is 0.321. The van der Waals surface area contributed by atoms with Crippen LogP contribution in [-0.2, 0) is 29.6 Å². The summed E-state index contributed by atoms with van der Waals surface area (Å²) < 4.78 is 2.23. The number of aryl methyl sites for hydroxylation is 1. The van der Waals surface area contributed by atoms with Gasteiger partial charge in [0.1, 0.15) is 6.04 Å². The highest BCUT2D eigenvalue weighted by atomic mass is 16.2. The summed E-state index contributed by atoms with van der Waals surface area (Å²) in [5.41, 5.74) is 4.24. The maximum atomic E-state index is 13.5. The standard InChI is InChI=1S/C28H28N4O2/c1-30-23(15-20-7-3-5-9-25(20)30)17-31-12-13-32-26(18-31)28(34)21(16-27(32)33)14-22-11-10-19-6-2-4-8-24(19)29-22/h2-11,15,21,26H,12-14,16-18H2,1H3. The van der Waals surface area contributed by atoms with E-state index in [4.69, 9.17) is 4.98 Å². The number of hydrogen-bond donors (Lipinski definition) is 0. The second-order valence-electron chi connectivity index (χ2n) is 9.59. The van der Waals surface area contributed by atoms with E-state index in [9.17, 15) is 9.59 Å². The summed E-state index contributed by atoms with van der Waals surface area (Å²) in [6.45, 7) is 2.76. The lowest BCUT2D eigenvalue weighted by molar-refractivity contribution is -0.152. The monoisotopic (exact) mass is 452 g/mol. The van der Waals surface area contributed by atoms with Crippen molar-refractivity contribution in [2.45, 2.75) is 25.4 Å². The van der Waals surface area contributed by atoms with Gasteiger partial charge in [0, 0.05) is 67.9 Å². The topological polar surface area (TPSA) is 58.4 Å². The van der Waals surface area contributed by atoms with E-state index in [0.29, 0.717) is 19.5 Å². The average molecular weight is 453 g/mol. The number of piperazine rings is 1. The van der Waals surface area contributed by atoms with E-state index in [0.717, 1.165) is 29.7 Å². The number of Topliss-reactive ketones (excluding diaryl/α,β-unsaturated/α-hetero) is 1. The number of carbonyl (C=O) groups excluding carboxylic acids is 2. The normalized spacial score (nSPS) is 21.4. The quantitative estimate of drug-likeness (QED) is 0.475. The van der Waals surface area contributed by atoms with E-state index in [1.54, 1.807) is 0 Å². The van der Waals surface area contributed by atoms with Gasteiger partial charge >= 0.3 is 0 Å². The van der Waals surface area contributed by atoms with Crippen molar-refractivity contribution in [3.8, 4) is 0 Å². The van der Waals surface area contributed by atoms with Gasteiger partial charge in [-0.15, -0.1) is 0 Å². The highest BCUT2D eigenvalue weighted by Crippen LogP contribution is 2.28. The summed E-state index contributed by atoms with van der Waals surface area (Å²) in [5.74, 6) is -0.0315. The fourth-order valence-corrected chi connectivity index (χ4v) is 5.60. The van der Waals surface area contributed by atoms with Gasteiger partial charge in [-0.05, 0) is 36.1 Å². The zero-order valence-corrected chi connectivity index (χ0v) is 19.4. The van der Waals surface area contributed by atoms with Crippen LogP contribution in [0.2, 0.25) is 0 Å². The highest BCUT2D eigenvalue weighted by Gasteiger charge is 2.43. The number of rotatable bonds is 4. The van der Waals surface area contributed by atoms with Crippen LogP contribution in [0.15, 0.2) is 66.7 Å². The zero-order chi connectivity index (χ0) is 23.2. The van der Waals surface area contributed by atoms with E-state index in [1.807, 2.05) is 41.3 Å². The molecule has 1 amide bonds. The third kappa shape index (κ3) is 3.68. The number of hydrogen-bond acceptors (Lipinski definition) is 4. The number of fused-ring (bicyclic) bond motifs is 3. The number of piperidine rings is 1. The molecule has 0 spiro atoms. The number of aromatic nitrogens is 2. The van der Waals surface area contributed by atoms with Crippen LogP contribution >= 0.6 is 0 Å². The van der Waals surface area contributed by atoms with Crippen LogP contribution in [0.1, 0.15) is 17.8 Å². The maximum Gasteiger partial charge on any atom is 0.224 e. The molecule has 2 unspecified atom stereocenters. The molecule has 2 atom stereocenters. The Labute approximate surface area is 198 Å². The van der Waals surface area contributed by atoms with Crippen molar-refractivity contribution in [3.63, 3.8) is 0 Å². The van der Waals surface area contributed by atoms with Crippen LogP contribution in [0.25, 0.3) is 21.8 Å². The minimum absolute atomic E-state index is 0.0969. The van der Waals surface area contributed by atoms with Gasteiger partial charge in [0.05, 0.1) is 5.52 Å². The van der Waals surface area contributed by atoms with Crippen LogP contribution in [0, 0.1) is 5.92 Å². The molecule has 2 saturated heterocycles. The van der Waals surface area contributed by atoms with Crippen molar-refractivity contribution < 1.29 is 9.59 Å². The van der Waals surface area contributed by atoms with E-state index in [1.165, 1.54) is 16.6 Å². The number of benzene rings is 2. The van der Waals surface area contributed by atoms with Gasteiger partial charge in [-0.2, -0.15) is 0 Å². The van der Waals surface area contributed by atoms with Crippen LogP contribution < -0.4 is 0 Å². The van der Waals surface area contributed by atoms with Gasteiger partial charge in [-0.3, -0.25) is 19.5 Å². The molecular formula is C28H28N4O2. The lowest BCUT2D eigenvalue weighted by Gasteiger charge is -2.45. The molecule has 4 heterocycles. The molecule has 2 aliphatic heterocycles. The summed E-state index contributed by atoms with van der Waals surface area (Å²) in [6, 6.07) is 22.3. The Morgan fingerprint density at radius 3 is 2.59 bits per heavy atom. The van der Waals surface area contributed by atoms with E-state index in [2.05, 4.69) is 46.8 Å². The van der Waals surface area contributed by atoms with Gasteiger partial charge < -0.3 is 9.47 Å². The second-order valence-corrected chi connectivity index (χ2v) is 9.59. The molecule has 2 aliphatic rings. The van der Waals surface area contributed by atoms with Crippen LogP contribution in [0.4, 0.5) is 0 Å².